The van der Waals surface area contributed by atoms with Crippen LogP contribution >= 0.6 is 0 Å². The van der Waals surface area contributed by atoms with E-state index < -0.39 is 5.97 Å². The molecule has 1 aliphatic heterocycles. The van der Waals surface area contributed by atoms with Crippen LogP contribution in [0.25, 0.3) is 0 Å². The molecular formula is C13H15NO4. The molecule has 1 aromatic carbocycles. The maximum atomic E-state index is 11.8. The van der Waals surface area contributed by atoms with Crippen molar-refractivity contribution in [2.24, 2.45) is 0 Å². The number of carbonyl (C=O) groups excluding carboxylic acids is 2. The summed E-state index contributed by atoms with van der Waals surface area (Å²) in [5.74, 6) is -0.0819. The van der Waals surface area contributed by atoms with Crippen molar-refractivity contribution in [1.82, 2.24) is 0 Å². The van der Waals surface area contributed by atoms with Gasteiger partial charge in [0.15, 0.2) is 0 Å². The van der Waals surface area contributed by atoms with Gasteiger partial charge in [-0.05, 0) is 31.0 Å². The van der Waals surface area contributed by atoms with E-state index in [0.717, 1.165) is 31.6 Å². The van der Waals surface area contributed by atoms with Gasteiger partial charge in [0.05, 0.1) is 18.4 Å². The maximum absolute atomic E-state index is 11.8. The van der Waals surface area contributed by atoms with Gasteiger partial charge in [0.2, 0.25) is 0 Å². The zero-order valence-corrected chi connectivity index (χ0v) is 10.2. The number of ether oxygens (including phenoxy) is 2. The second-order valence-electron chi connectivity index (χ2n) is 4.08. The largest absolute Gasteiger partial charge is 0.465 e. The minimum atomic E-state index is -0.423. The molecule has 1 aromatic rings. The smallest absolute Gasteiger partial charge is 0.340 e. The summed E-state index contributed by atoms with van der Waals surface area (Å²) in [6, 6.07) is 5.00. The van der Waals surface area contributed by atoms with Crippen LogP contribution in [0.15, 0.2) is 18.2 Å². The maximum Gasteiger partial charge on any atom is 0.340 e. The summed E-state index contributed by atoms with van der Waals surface area (Å²) >= 11 is 0. The van der Waals surface area contributed by atoms with E-state index in [1.165, 1.54) is 13.2 Å². The number of anilines is 1. The highest BCUT2D eigenvalue weighted by Crippen LogP contribution is 2.28. The molecular weight excluding hydrogens is 234 g/mol. The quantitative estimate of drug-likeness (QED) is 0.599. The van der Waals surface area contributed by atoms with Crippen LogP contribution < -0.4 is 9.64 Å². The number of nitrogens with zero attached hydrogens (tertiary/aromatic N) is 1. The van der Waals surface area contributed by atoms with Crippen molar-refractivity contribution in [3.63, 3.8) is 0 Å². The summed E-state index contributed by atoms with van der Waals surface area (Å²) in [7, 11) is 1.34. The van der Waals surface area contributed by atoms with Gasteiger partial charge in [-0.1, -0.05) is 0 Å². The van der Waals surface area contributed by atoms with Gasteiger partial charge in [-0.2, -0.15) is 0 Å². The molecule has 5 nitrogen and oxygen atoms in total. The van der Waals surface area contributed by atoms with Gasteiger partial charge in [0, 0.05) is 13.1 Å². The summed E-state index contributed by atoms with van der Waals surface area (Å²) in [5, 5.41) is 0. The predicted octanol–water partition coefficient (Wildman–Crippen LogP) is 1.61. The summed E-state index contributed by atoms with van der Waals surface area (Å²) in [5.41, 5.74) is 1.26. The zero-order valence-electron chi connectivity index (χ0n) is 10.2. The lowest BCUT2D eigenvalue weighted by molar-refractivity contribution is -0.120. The van der Waals surface area contributed by atoms with E-state index in [-0.39, 0.29) is 0 Å². The van der Waals surface area contributed by atoms with Crippen molar-refractivity contribution in [2.75, 3.05) is 25.1 Å². The van der Waals surface area contributed by atoms with Crippen LogP contribution in [0.2, 0.25) is 0 Å². The molecule has 1 saturated heterocycles. The zero-order chi connectivity index (χ0) is 13.0. The van der Waals surface area contributed by atoms with Crippen molar-refractivity contribution >= 4 is 18.1 Å². The van der Waals surface area contributed by atoms with E-state index >= 15 is 0 Å². The standard InChI is InChI=1S/C13H15NO4/c1-17-13(16)11-8-10(18-9-15)4-5-12(11)14-6-2-3-7-14/h4-5,8-9H,2-3,6-7H2,1H3. The second kappa shape index (κ2) is 5.53. The lowest BCUT2D eigenvalue weighted by Crippen LogP contribution is -2.21. The van der Waals surface area contributed by atoms with Crippen molar-refractivity contribution in [1.29, 1.82) is 0 Å². The molecule has 0 aliphatic carbocycles. The fourth-order valence-corrected chi connectivity index (χ4v) is 2.15. The molecule has 1 heterocycles. The fourth-order valence-electron chi connectivity index (χ4n) is 2.15. The molecule has 0 amide bonds. The molecule has 0 radical (unpaired) electrons. The highest BCUT2D eigenvalue weighted by molar-refractivity contribution is 5.96. The molecule has 2 rings (SSSR count). The van der Waals surface area contributed by atoms with Gasteiger partial charge in [-0.15, -0.1) is 0 Å². The number of hydrogen-bond donors (Lipinski definition) is 0. The Balaban J connectivity index is 2.37. The van der Waals surface area contributed by atoms with Gasteiger partial charge >= 0.3 is 5.97 Å². The van der Waals surface area contributed by atoms with Crippen LogP contribution in [-0.4, -0.2) is 32.6 Å². The highest BCUT2D eigenvalue weighted by Gasteiger charge is 2.20. The van der Waals surface area contributed by atoms with Gasteiger partial charge in [0.1, 0.15) is 5.75 Å². The molecule has 18 heavy (non-hydrogen) atoms. The fraction of sp³-hybridized carbons (Fsp3) is 0.385. The van der Waals surface area contributed by atoms with Crippen LogP contribution in [0.5, 0.6) is 5.75 Å². The molecule has 0 unspecified atom stereocenters. The number of hydrogen-bond acceptors (Lipinski definition) is 5. The topological polar surface area (TPSA) is 55.8 Å². The van der Waals surface area contributed by atoms with E-state index in [9.17, 15) is 9.59 Å². The van der Waals surface area contributed by atoms with Crippen LogP contribution in [0.3, 0.4) is 0 Å². The van der Waals surface area contributed by atoms with Crippen molar-refractivity contribution in [3.8, 4) is 5.75 Å². The lowest BCUT2D eigenvalue weighted by Gasteiger charge is -2.20. The van der Waals surface area contributed by atoms with E-state index in [2.05, 4.69) is 4.90 Å². The molecule has 1 fully saturated rings. The minimum absolute atomic E-state index is 0.339. The third kappa shape index (κ3) is 2.45. The second-order valence-corrected chi connectivity index (χ2v) is 4.08. The monoisotopic (exact) mass is 249 g/mol. The van der Waals surface area contributed by atoms with E-state index in [1.54, 1.807) is 12.1 Å². The average molecular weight is 249 g/mol. The Kier molecular flexibility index (Phi) is 3.82. The summed E-state index contributed by atoms with van der Waals surface area (Å²) in [6.07, 6.45) is 2.24. The van der Waals surface area contributed by atoms with Gasteiger partial charge in [0.25, 0.3) is 6.47 Å². The lowest BCUT2D eigenvalue weighted by atomic mass is 10.1. The highest BCUT2D eigenvalue weighted by atomic mass is 16.5. The minimum Gasteiger partial charge on any atom is -0.465 e. The number of benzene rings is 1. The van der Waals surface area contributed by atoms with Crippen LogP contribution in [0.4, 0.5) is 5.69 Å². The van der Waals surface area contributed by atoms with Crippen LogP contribution in [0.1, 0.15) is 23.2 Å². The Morgan fingerprint density at radius 2 is 2.06 bits per heavy atom. The molecule has 0 atom stereocenters. The third-order valence-corrected chi connectivity index (χ3v) is 3.00. The van der Waals surface area contributed by atoms with Crippen LogP contribution in [0, 0.1) is 0 Å². The average Bonchev–Trinajstić information content (AvgIpc) is 2.92. The SMILES string of the molecule is COC(=O)c1cc(OC=O)ccc1N1CCCC1. The van der Waals surface area contributed by atoms with Crippen molar-refractivity contribution in [3.05, 3.63) is 23.8 Å². The summed E-state index contributed by atoms with van der Waals surface area (Å²) < 4.78 is 9.51. The molecule has 0 bridgehead atoms. The molecule has 96 valence electrons. The first-order valence-corrected chi connectivity index (χ1v) is 5.84. The number of rotatable bonds is 4. The Hall–Kier alpha value is -2.04. The Labute approximate surface area is 105 Å². The Morgan fingerprint density at radius 3 is 2.67 bits per heavy atom. The van der Waals surface area contributed by atoms with Gasteiger partial charge in [-0.3, -0.25) is 4.79 Å². The Bertz CT molecular complexity index is 452. The first kappa shape index (κ1) is 12.4. The van der Waals surface area contributed by atoms with Gasteiger partial charge in [-0.25, -0.2) is 4.79 Å². The third-order valence-electron chi connectivity index (χ3n) is 3.00. The molecule has 5 heteroatoms. The van der Waals surface area contributed by atoms with E-state index in [4.69, 9.17) is 9.47 Å². The predicted molar refractivity (Wildman–Crippen MR) is 65.9 cm³/mol. The van der Waals surface area contributed by atoms with E-state index in [1.807, 2.05) is 0 Å². The first-order valence-electron chi connectivity index (χ1n) is 5.84. The van der Waals surface area contributed by atoms with Gasteiger partial charge < -0.3 is 14.4 Å². The number of esters is 1. The molecule has 0 spiro atoms. The summed E-state index contributed by atoms with van der Waals surface area (Å²) in [6.45, 7) is 2.20. The molecule has 1 aliphatic rings. The number of methoxy groups -OCH3 is 1. The summed E-state index contributed by atoms with van der Waals surface area (Å²) in [4.78, 5) is 24.2. The van der Waals surface area contributed by atoms with Crippen LogP contribution in [-0.2, 0) is 9.53 Å². The number of carbonyl (C=O) groups is 2. The van der Waals surface area contributed by atoms with E-state index in [0.29, 0.717) is 17.8 Å². The first-order chi connectivity index (χ1) is 8.76. The van der Waals surface area contributed by atoms with Crippen molar-refractivity contribution < 1.29 is 19.1 Å². The van der Waals surface area contributed by atoms with Crippen molar-refractivity contribution in [2.45, 2.75) is 12.8 Å². The molecule has 0 aromatic heterocycles. The Morgan fingerprint density at radius 1 is 1.33 bits per heavy atom. The molecule has 0 saturated carbocycles. The normalized spacial score (nSPS) is 14.4. The molecule has 0 N–H and O–H groups in total.